The Morgan fingerprint density at radius 1 is 1.52 bits per heavy atom. The van der Waals surface area contributed by atoms with E-state index in [4.69, 9.17) is 4.74 Å². The number of aryl methyl sites for hydroxylation is 2. The Hall–Kier alpha value is -1.47. The van der Waals surface area contributed by atoms with Crippen molar-refractivity contribution in [1.29, 1.82) is 0 Å². The zero-order chi connectivity index (χ0) is 14.8. The molecule has 2 aromatic rings. The van der Waals surface area contributed by atoms with Gasteiger partial charge < -0.3 is 10.1 Å². The highest BCUT2D eigenvalue weighted by Crippen LogP contribution is 2.39. The number of hydrogen-bond donors (Lipinski definition) is 1. The predicted octanol–water partition coefficient (Wildman–Crippen LogP) is 3.11. The molecule has 2 aromatic heterocycles. The maximum atomic E-state index is 11.9. The van der Waals surface area contributed by atoms with Gasteiger partial charge in [-0.25, -0.2) is 9.97 Å². The van der Waals surface area contributed by atoms with Crippen LogP contribution in [0.3, 0.4) is 0 Å². The lowest BCUT2D eigenvalue weighted by atomic mass is 10.1. The Morgan fingerprint density at radius 3 is 3.10 bits per heavy atom. The van der Waals surface area contributed by atoms with Gasteiger partial charge in [0.05, 0.1) is 23.9 Å². The molecule has 112 valence electrons. The predicted molar refractivity (Wildman–Crippen MR) is 84.0 cm³/mol. The van der Waals surface area contributed by atoms with E-state index in [1.807, 2.05) is 20.0 Å². The number of ether oxygens (including phenoxy) is 1. The van der Waals surface area contributed by atoms with Crippen molar-refractivity contribution in [2.24, 2.45) is 0 Å². The third-order valence-electron chi connectivity index (χ3n) is 3.37. The topological polar surface area (TPSA) is 64.1 Å². The molecular weight excluding hydrogens is 306 g/mol. The molecule has 21 heavy (non-hydrogen) atoms. The van der Waals surface area contributed by atoms with Gasteiger partial charge in [-0.3, -0.25) is 4.79 Å². The summed E-state index contributed by atoms with van der Waals surface area (Å²) in [5.41, 5.74) is 0.904. The van der Waals surface area contributed by atoms with E-state index in [2.05, 4.69) is 15.3 Å². The number of rotatable bonds is 5. The summed E-state index contributed by atoms with van der Waals surface area (Å²) in [7, 11) is 0. The summed E-state index contributed by atoms with van der Waals surface area (Å²) in [6.45, 7) is 4.97. The molecule has 0 radical (unpaired) electrons. The molecule has 0 spiro atoms. The smallest absolute Gasteiger partial charge is 0.315 e. The highest BCUT2D eigenvalue weighted by Gasteiger charge is 2.33. The summed E-state index contributed by atoms with van der Waals surface area (Å²) in [5, 5.41) is 5.26. The average molecular weight is 323 g/mol. The summed E-state index contributed by atoms with van der Waals surface area (Å²) in [6, 6.07) is 0. The van der Waals surface area contributed by atoms with Gasteiger partial charge in [-0.05, 0) is 26.7 Å². The van der Waals surface area contributed by atoms with Gasteiger partial charge in [-0.2, -0.15) is 0 Å². The van der Waals surface area contributed by atoms with Crippen LogP contribution < -0.4 is 5.32 Å². The van der Waals surface area contributed by atoms with Crippen LogP contribution in [0.25, 0.3) is 0 Å². The van der Waals surface area contributed by atoms with Crippen LogP contribution in [-0.2, 0) is 22.5 Å². The zero-order valence-corrected chi connectivity index (χ0v) is 13.6. The molecule has 3 rings (SSSR count). The van der Waals surface area contributed by atoms with Crippen molar-refractivity contribution in [3.8, 4) is 0 Å². The zero-order valence-electron chi connectivity index (χ0n) is 12.0. The first kappa shape index (κ1) is 14.5. The number of esters is 1. The fourth-order valence-electron chi connectivity index (χ4n) is 2.42. The third-order valence-corrected chi connectivity index (χ3v) is 5.37. The molecule has 0 fully saturated rings. The van der Waals surface area contributed by atoms with Crippen molar-refractivity contribution in [3.05, 3.63) is 26.7 Å². The number of nitrogens with zero attached hydrogens (tertiary/aromatic N) is 2. The molecule has 0 saturated carbocycles. The second-order valence-electron chi connectivity index (χ2n) is 4.87. The summed E-state index contributed by atoms with van der Waals surface area (Å²) < 4.78 is 5.12. The number of thiazole rings is 2. The van der Waals surface area contributed by atoms with Gasteiger partial charge in [-0.1, -0.05) is 0 Å². The van der Waals surface area contributed by atoms with Gasteiger partial charge in [0.25, 0.3) is 0 Å². The summed E-state index contributed by atoms with van der Waals surface area (Å²) in [4.78, 5) is 23.1. The molecule has 2 heterocycles. The molecule has 0 amide bonds. The van der Waals surface area contributed by atoms with Gasteiger partial charge in [0.15, 0.2) is 5.13 Å². The van der Waals surface area contributed by atoms with Crippen molar-refractivity contribution in [2.45, 2.75) is 39.2 Å². The Morgan fingerprint density at radius 2 is 2.38 bits per heavy atom. The van der Waals surface area contributed by atoms with Crippen LogP contribution in [0.2, 0.25) is 0 Å². The van der Waals surface area contributed by atoms with Gasteiger partial charge in [0.2, 0.25) is 0 Å². The van der Waals surface area contributed by atoms with Crippen molar-refractivity contribution >= 4 is 33.8 Å². The van der Waals surface area contributed by atoms with Gasteiger partial charge >= 0.3 is 5.97 Å². The number of anilines is 1. The molecule has 1 N–H and O–H groups in total. The van der Waals surface area contributed by atoms with E-state index in [1.54, 1.807) is 22.7 Å². The van der Waals surface area contributed by atoms with Crippen LogP contribution in [-0.4, -0.2) is 22.5 Å². The maximum Gasteiger partial charge on any atom is 0.315 e. The Balaban J connectivity index is 1.67. The number of carbonyl (C=O) groups excluding carboxylic acids is 1. The largest absolute Gasteiger partial charge is 0.465 e. The van der Waals surface area contributed by atoms with Gasteiger partial charge in [0, 0.05) is 16.0 Å². The molecule has 1 aliphatic carbocycles. The standard InChI is InChI=1S/C14H17N3O2S2/c1-3-19-13(18)10-4-5-11-12(10)17-14(21-11)16-7-9-6-15-8(2)20-9/h6,10H,3-5,7H2,1-2H3,(H,16,17). The molecule has 1 atom stereocenters. The van der Waals surface area contributed by atoms with E-state index in [0.29, 0.717) is 6.61 Å². The minimum Gasteiger partial charge on any atom is -0.465 e. The molecule has 7 heteroatoms. The fraction of sp³-hybridized carbons (Fsp3) is 0.500. The van der Waals surface area contributed by atoms with E-state index in [0.717, 1.165) is 35.2 Å². The number of carbonyl (C=O) groups is 1. The number of hydrogen-bond acceptors (Lipinski definition) is 7. The van der Waals surface area contributed by atoms with Crippen molar-refractivity contribution in [2.75, 3.05) is 11.9 Å². The summed E-state index contributed by atoms with van der Waals surface area (Å²) in [5.74, 6) is -0.330. The average Bonchev–Trinajstić information content (AvgIpc) is 3.11. The molecular formula is C14H17N3O2S2. The minimum atomic E-state index is -0.183. The van der Waals surface area contributed by atoms with Gasteiger partial charge in [0.1, 0.15) is 5.92 Å². The van der Waals surface area contributed by atoms with Gasteiger partial charge in [-0.15, -0.1) is 22.7 Å². The number of fused-ring (bicyclic) bond motifs is 1. The van der Waals surface area contributed by atoms with Crippen LogP contribution >= 0.6 is 22.7 Å². The quantitative estimate of drug-likeness (QED) is 0.857. The van der Waals surface area contributed by atoms with Crippen LogP contribution in [0.15, 0.2) is 6.20 Å². The molecule has 0 saturated heterocycles. The molecule has 0 aliphatic heterocycles. The van der Waals surface area contributed by atoms with Crippen molar-refractivity contribution in [1.82, 2.24) is 9.97 Å². The van der Waals surface area contributed by atoms with E-state index < -0.39 is 0 Å². The second kappa shape index (κ2) is 6.11. The first-order valence-corrected chi connectivity index (χ1v) is 8.62. The summed E-state index contributed by atoms with van der Waals surface area (Å²) in [6.07, 6.45) is 3.62. The SMILES string of the molecule is CCOC(=O)C1CCc2sc(NCc3cnc(C)s3)nc21. The lowest BCUT2D eigenvalue weighted by molar-refractivity contribution is -0.145. The van der Waals surface area contributed by atoms with E-state index in [-0.39, 0.29) is 11.9 Å². The molecule has 0 bridgehead atoms. The fourth-order valence-corrected chi connectivity index (χ4v) is 4.19. The van der Waals surface area contributed by atoms with Crippen molar-refractivity contribution in [3.63, 3.8) is 0 Å². The lowest BCUT2D eigenvalue weighted by Gasteiger charge is -2.07. The highest BCUT2D eigenvalue weighted by molar-refractivity contribution is 7.15. The first-order chi connectivity index (χ1) is 10.2. The van der Waals surface area contributed by atoms with Crippen LogP contribution in [0.4, 0.5) is 5.13 Å². The molecule has 1 aliphatic rings. The van der Waals surface area contributed by atoms with Crippen LogP contribution in [0.1, 0.15) is 39.7 Å². The number of nitrogens with one attached hydrogen (secondary N) is 1. The third kappa shape index (κ3) is 3.08. The highest BCUT2D eigenvalue weighted by atomic mass is 32.1. The molecule has 0 aromatic carbocycles. The second-order valence-corrected chi connectivity index (χ2v) is 7.27. The van der Waals surface area contributed by atoms with Crippen molar-refractivity contribution < 1.29 is 9.53 Å². The maximum absolute atomic E-state index is 11.9. The summed E-state index contributed by atoms with van der Waals surface area (Å²) >= 11 is 3.32. The minimum absolute atomic E-state index is 0.147. The van der Waals surface area contributed by atoms with Crippen LogP contribution in [0, 0.1) is 6.92 Å². The normalized spacial score (nSPS) is 16.8. The molecule has 5 nitrogen and oxygen atoms in total. The number of aromatic nitrogens is 2. The Labute approximate surface area is 131 Å². The first-order valence-electron chi connectivity index (χ1n) is 6.98. The lowest BCUT2D eigenvalue weighted by Crippen LogP contribution is -2.14. The van der Waals surface area contributed by atoms with E-state index in [9.17, 15) is 4.79 Å². The van der Waals surface area contributed by atoms with E-state index >= 15 is 0 Å². The monoisotopic (exact) mass is 323 g/mol. The Bertz CT molecular complexity index is 650. The van der Waals surface area contributed by atoms with E-state index in [1.165, 1.54) is 9.75 Å². The molecule has 1 unspecified atom stereocenters. The Kier molecular flexibility index (Phi) is 4.21. The van der Waals surface area contributed by atoms with Crippen LogP contribution in [0.5, 0.6) is 0 Å².